The van der Waals surface area contributed by atoms with Crippen LogP contribution in [0.5, 0.6) is 0 Å². The molecule has 0 atom stereocenters. The second-order valence-electron chi connectivity index (χ2n) is 3.96. The number of carbonyl (C=O) groups is 1. The standard InChI is InChI=1S/C13H14Cl2N2O/c1-3-13(4-2,8-16)17-12(18)9-6-5-7-10(14)11(9)15/h5-7H,3-4H2,1-2H3,(H,17,18). The third-order valence-electron chi connectivity index (χ3n) is 2.97. The smallest absolute Gasteiger partial charge is 0.254 e. The first-order chi connectivity index (χ1) is 8.49. The van der Waals surface area contributed by atoms with Crippen LogP contribution in [0.3, 0.4) is 0 Å². The van der Waals surface area contributed by atoms with Crippen molar-refractivity contribution >= 4 is 29.1 Å². The van der Waals surface area contributed by atoms with E-state index in [0.717, 1.165) is 0 Å². The lowest BCUT2D eigenvalue weighted by atomic mass is 9.94. The van der Waals surface area contributed by atoms with Gasteiger partial charge in [0.05, 0.1) is 21.7 Å². The zero-order valence-corrected chi connectivity index (χ0v) is 11.8. The van der Waals surface area contributed by atoms with Gasteiger partial charge in [-0.15, -0.1) is 0 Å². The number of benzene rings is 1. The molecule has 3 nitrogen and oxygen atoms in total. The average molecular weight is 285 g/mol. The zero-order chi connectivity index (χ0) is 13.8. The molecular weight excluding hydrogens is 271 g/mol. The zero-order valence-electron chi connectivity index (χ0n) is 10.3. The SMILES string of the molecule is CCC(C#N)(CC)NC(=O)c1cccc(Cl)c1Cl. The van der Waals surface area contributed by atoms with Crippen LogP contribution in [0, 0.1) is 11.3 Å². The number of rotatable bonds is 4. The summed E-state index contributed by atoms with van der Waals surface area (Å²) in [5.74, 6) is -0.382. The van der Waals surface area contributed by atoms with Crippen molar-refractivity contribution in [1.82, 2.24) is 5.32 Å². The van der Waals surface area contributed by atoms with E-state index in [0.29, 0.717) is 17.9 Å². The Balaban J connectivity index is 3.03. The molecular formula is C13H14Cl2N2O. The van der Waals surface area contributed by atoms with Crippen molar-refractivity contribution in [1.29, 1.82) is 5.26 Å². The number of nitrogens with zero attached hydrogens (tertiary/aromatic N) is 1. The van der Waals surface area contributed by atoms with E-state index in [1.54, 1.807) is 18.2 Å². The average Bonchev–Trinajstić information content (AvgIpc) is 2.39. The summed E-state index contributed by atoms with van der Waals surface area (Å²) in [7, 11) is 0. The molecule has 1 amide bonds. The van der Waals surface area contributed by atoms with Crippen LogP contribution in [0.4, 0.5) is 0 Å². The molecule has 5 heteroatoms. The van der Waals surface area contributed by atoms with Gasteiger partial charge in [-0.05, 0) is 25.0 Å². The van der Waals surface area contributed by atoms with Gasteiger partial charge in [-0.3, -0.25) is 4.79 Å². The maximum Gasteiger partial charge on any atom is 0.254 e. The van der Waals surface area contributed by atoms with Crippen molar-refractivity contribution in [3.8, 4) is 6.07 Å². The molecule has 96 valence electrons. The van der Waals surface area contributed by atoms with Gasteiger partial charge >= 0.3 is 0 Å². The summed E-state index contributed by atoms with van der Waals surface area (Å²) in [5.41, 5.74) is -0.575. The van der Waals surface area contributed by atoms with E-state index in [9.17, 15) is 10.1 Å². The second kappa shape index (κ2) is 6.08. The highest BCUT2D eigenvalue weighted by Gasteiger charge is 2.29. The Morgan fingerprint density at radius 1 is 1.39 bits per heavy atom. The highest BCUT2D eigenvalue weighted by atomic mass is 35.5. The molecule has 0 radical (unpaired) electrons. The van der Waals surface area contributed by atoms with Gasteiger partial charge in [0.1, 0.15) is 5.54 Å². The number of halogens is 2. The van der Waals surface area contributed by atoms with E-state index in [1.807, 2.05) is 13.8 Å². The lowest BCUT2D eigenvalue weighted by Crippen LogP contribution is -2.46. The minimum atomic E-state index is -0.858. The Kier molecular flexibility index (Phi) is 5.01. The minimum absolute atomic E-state index is 0.204. The van der Waals surface area contributed by atoms with E-state index >= 15 is 0 Å². The Labute approximate surface area is 117 Å². The van der Waals surface area contributed by atoms with E-state index in [2.05, 4.69) is 11.4 Å². The molecule has 0 saturated carbocycles. The molecule has 0 aliphatic rings. The number of nitrogens with one attached hydrogen (secondary N) is 1. The number of hydrogen-bond donors (Lipinski definition) is 1. The molecule has 0 bridgehead atoms. The van der Waals surface area contributed by atoms with E-state index in [4.69, 9.17) is 23.2 Å². The van der Waals surface area contributed by atoms with Crippen LogP contribution < -0.4 is 5.32 Å². The fraction of sp³-hybridized carbons (Fsp3) is 0.385. The van der Waals surface area contributed by atoms with E-state index in [-0.39, 0.29) is 16.5 Å². The van der Waals surface area contributed by atoms with E-state index < -0.39 is 5.54 Å². The molecule has 1 rings (SSSR count). The largest absolute Gasteiger partial charge is 0.334 e. The maximum absolute atomic E-state index is 12.1. The van der Waals surface area contributed by atoms with Gasteiger partial charge in [0.15, 0.2) is 0 Å². The molecule has 0 aliphatic carbocycles. The van der Waals surface area contributed by atoms with Crippen LogP contribution in [-0.2, 0) is 0 Å². The number of nitriles is 1. The van der Waals surface area contributed by atoms with Gasteiger partial charge < -0.3 is 5.32 Å². The molecule has 18 heavy (non-hydrogen) atoms. The number of hydrogen-bond acceptors (Lipinski definition) is 2. The summed E-state index contributed by atoms with van der Waals surface area (Å²) in [6.45, 7) is 3.71. The second-order valence-corrected chi connectivity index (χ2v) is 4.74. The molecule has 0 fully saturated rings. The monoisotopic (exact) mass is 284 g/mol. The number of amides is 1. The summed E-state index contributed by atoms with van der Waals surface area (Å²) in [6, 6.07) is 6.98. The van der Waals surface area contributed by atoms with Crippen molar-refractivity contribution in [3.63, 3.8) is 0 Å². The molecule has 1 aromatic rings. The Hall–Kier alpha value is -1.24. The third-order valence-corrected chi connectivity index (χ3v) is 3.79. The van der Waals surface area contributed by atoms with Crippen LogP contribution in [-0.4, -0.2) is 11.4 Å². The fourth-order valence-electron chi connectivity index (χ4n) is 1.58. The van der Waals surface area contributed by atoms with Crippen LogP contribution >= 0.6 is 23.2 Å². The Bertz CT molecular complexity index is 490. The molecule has 0 spiro atoms. The van der Waals surface area contributed by atoms with Gasteiger partial charge in [0.2, 0.25) is 0 Å². The third kappa shape index (κ3) is 2.95. The Morgan fingerprint density at radius 2 is 2.00 bits per heavy atom. The molecule has 0 aliphatic heterocycles. The lowest BCUT2D eigenvalue weighted by molar-refractivity contribution is 0.0915. The predicted molar refractivity (Wildman–Crippen MR) is 72.9 cm³/mol. The lowest BCUT2D eigenvalue weighted by Gasteiger charge is -2.25. The quantitative estimate of drug-likeness (QED) is 0.914. The highest BCUT2D eigenvalue weighted by Crippen LogP contribution is 2.26. The van der Waals surface area contributed by atoms with Gasteiger partial charge in [-0.25, -0.2) is 0 Å². The van der Waals surface area contributed by atoms with Gasteiger partial charge in [-0.2, -0.15) is 5.26 Å². The molecule has 1 aromatic carbocycles. The van der Waals surface area contributed by atoms with Crippen LogP contribution in [0.2, 0.25) is 10.0 Å². The van der Waals surface area contributed by atoms with Crippen molar-refractivity contribution < 1.29 is 4.79 Å². The summed E-state index contributed by atoms with van der Waals surface area (Å²) >= 11 is 11.8. The van der Waals surface area contributed by atoms with Crippen molar-refractivity contribution in [2.75, 3.05) is 0 Å². The van der Waals surface area contributed by atoms with Crippen LogP contribution in [0.15, 0.2) is 18.2 Å². The van der Waals surface area contributed by atoms with Crippen LogP contribution in [0.25, 0.3) is 0 Å². The van der Waals surface area contributed by atoms with E-state index in [1.165, 1.54) is 0 Å². The molecule has 1 N–H and O–H groups in total. The maximum atomic E-state index is 12.1. The van der Waals surface area contributed by atoms with Gasteiger partial charge in [-0.1, -0.05) is 43.1 Å². The molecule has 0 saturated heterocycles. The number of carbonyl (C=O) groups excluding carboxylic acids is 1. The topological polar surface area (TPSA) is 52.9 Å². The molecule has 0 unspecified atom stereocenters. The Morgan fingerprint density at radius 3 is 2.50 bits per heavy atom. The predicted octanol–water partition coefficient (Wildman–Crippen LogP) is 3.81. The summed E-state index contributed by atoms with van der Waals surface area (Å²) in [5, 5.41) is 12.4. The summed E-state index contributed by atoms with van der Waals surface area (Å²) in [6.07, 6.45) is 1.06. The van der Waals surface area contributed by atoms with Crippen molar-refractivity contribution in [3.05, 3.63) is 33.8 Å². The fourth-order valence-corrected chi connectivity index (χ4v) is 1.96. The van der Waals surface area contributed by atoms with Gasteiger partial charge in [0.25, 0.3) is 5.91 Å². The molecule has 0 heterocycles. The highest BCUT2D eigenvalue weighted by molar-refractivity contribution is 6.43. The first-order valence-electron chi connectivity index (χ1n) is 5.67. The van der Waals surface area contributed by atoms with Crippen molar-refractivity contribution in [2.45, 2.75) is 32.2 Å². The normalized spacial score (nSPS) is 10.8. The minimum Gasteiger partial charge on any atom is -0.334 e. The van der Waals surface area contributed by atoms with Crippen molar-refractivity contribution in [2.24, 2.45) is 0 Å². The van der Waals surface area contributed by atoms with Gasteiger partial charge in [0, 0.05) is 0 Å². The molecule has 0 aromatic heterocycles. The van der Waals surface area contributed by atoms with Crippen LogP contribution in [0.1, 0.15) is 37.0 Å². The summed E-state index contributed by atoms with van der Waals surface area (Å²) in [4.78, 5) is 12.1. The first kappa shape index (κ1) is 14.8. The summed E-state index contributed by atoms with van der Waals surface area (Å²) < 4.78 is 0. The first-order valence-corrected chi connectivity index (χ1v) is 6.43.